The molecule has 0 fully saturated rings. The Hall–Kier alpha value is -1.53. The molecule has 0 amide bonds. The van der Waals surface area contributed by atoms with E-state index in [2.05, 4.69) is 23.5 Å². The van der Waals surface area contributed by atoms with E-state index in [9.17, 15) is 0 Å². The minimum Gasteiger partial charge on any atom is -0.497 e. The maximum atomic E-state index is 8.51. The van der Waals surface area contributed by atoms with Gasteiger partial charge in [0.1, 0.15) is 5.75 Å². The van der Waals surface area contributed by atoms with Crippen molar-refractivity contribution in [2.45, 2.75) is 25.8 Å². The van der Waals surface area contributed by atoms with Gasteiger partial charge in [-0.2, -0.15) is 5.26 Å². The van der Waals surface area contributed by atoms with Crippen molar-refractivity contribution in [3.63, 3.8) is 0 Å². The van der Waals surface area contributed by atoms with E-state index in [1.165, 1.54) is 5.56 Å². The summed E-state index contributed by atoms with van der Waals surface area (Å²) in [6, 6.07) is 10.5. The van der Waals surface area contributed by atoms with E-state index in [4.69, 9.17) is 10.00 Å². The van der Waals surface area contributed by atoms with Crippen LogP contribution < -0.4 is 10.1 Å². The molecule has 16 heavy (non-hydrogen) atoms. The van der Waals surface area contributed by atoms with Crippen molar-refractivity contribution in [2.75, 3.05) is 13.7 Å². The molecule has 1 atom stereocenters. The summed E-state index contributed by atoms with van der Waals surface area (Å²) in [5.41, 5.74) is 1.28. The Morgan fingerprint density at radius 2 is 2.06 bits per heavy atom. The summed E-state index contributed by atoms with van der Waals surface area (Å²) >= 11 is 0. The van der Waals surface area contributed by atoms with Gasteiger partial charge in [-0.1, -0.05) is 12.1 Å². The Labute approximate surface area is 97.0 Å². The quantitative estimate of drug-likeness (QED) is 0.795. The summed E-state index contributed by atoms with van der Waals surface area (Å²) in [5, 5.41) is 11.8. The normalized spacial score (nSPS) is 11.8. The first-order chi connectivity index (χ1) is 7.76. The van der Waals surface area contributed by atoms with Crippen LogP contribution >= 0.6 is 0 Å². The number of ether oxygens (including phenoxy) is 1. The fourth-order valence-electron chi connectivity index (χ4n) is 1.46. The number of hydrogen-bond donors (Lipinski definition) is 1. The minimum atomic E-state index is 0.267. The molecule has 1 aromatic rings. The highest BCUT2D eigenvalue weighted by molar-refractivity contribution is 5.27. The van der Waals surface area contributed by atoms with Gasteiger partial charge in [0, 0.05) is 6.04 Å². The van der Waals surface area contributed by atoms with Gasteiger partial charge in [-0.3, -0.25) is 0 Å². The molecular formula is C13H18N2O. The van der Waals surface area contributed by atoms with Gasteiger partial charge in [0.15, 0.2) is 0 Å². The number of benzene rings is 1. The maximum absolute atomic E-state index is 8.51. The van der Waals surface area contributed by atoms with E-state index in [1.807, 2.05) is 19.1 Å². The number of hydrogen-bond acceptors (Lipinski definition) is 3. The van der Waals surface area contributed by atoms with E-state index < -0.39 is 0 Å². The predicted molar refractivity (Wildman–Crippen MR) is 64.4 cm³/mol. The fraction of sp³-hybridized carbons (Fsp3) is 0.462. The molecule has 3 heteroatoms. The van der Waals surface area contributed by atoms with Crippen molar-refractivity contribution in [1.82, 2.24) is 5.32 Å². The summed E-state index contributed by atoms with van der Waals surface area (Å²) in [4.78, 5) is 0. The van der Waals surface area contributed by atoms with Crippen LogP contribution in [0.4, 0.5) is 0 Å². The second kappa shape index (κ2) is 6.86. The summed E-state index contributed by atoms with van der Waals surface area (Å²) in [6.45, 7) is 2.92. The molecule has 0 aliphatic carbocycles. The Kier molecular flexibility index (Phi) is 5.38. The monoisotopic (exact) mass is 218 g/mol. The Morgan fingerprint density at radius 1 is 1.38 bits per heavy atom. The SMILES string of the molecule is COc1ccc(CCNC(C)CC#N)cc1. The molecule has 0 spiro atoms. The molecule has 0 radical (unpaired) electrons. The van der Waals surface area contributed by atoms with Crippen molar-refractivity contribution >= 4 is 0 Å². The molecule has 0 bridgehead atoms. The average Bonchev–Trinajstić information content (AvgIpc) is 2.30. The second-order valence-electron chi connectivity index (χ2n) is 3.82. The first-order valence-electron chi connectivity index (χ1n) is 5.49. The molecule has 1 rings (SSSR count). The first-order valence-corrected chi connectivity index (χ1v) is 5.49. The highest BCUT2D eigenvalue weighted by atomic mass is 16.5. The lowest BCUT2D eigenvalue weighted by atomic mass is 10.1. The number of methoxy groups -OCH3 is 1. The summed E-state index contributed by atoms with van der Waals surface area (Å²) in [5.74, 6) is 0.884. The van der Waals surface area contributed by atoms with E-state index >= 15 is 0 Å². The highest BCUT2D eigenvalue weighted by Crippen LogP contribution is 2.11. The molecule has 0 aliphatic heterocycles. The van der Waals surface area contributed by atoms with Crippen LogP contribution in [0, 0.1) is 11.3 Å². The van der Waals surface area contributed by atoms with E-state index in [0.29, 0.717) is 6.42 Å². The zero-order chi connectivity index (χ0) is 11.8. The van der Waals surface area contributed by atoms with Gasteiger partial charge < -0.3 is 10.1 Å². The number of nitriles is 1. The van der Waals surface area contributed by atoms with Crippen LogP contribution in [0.3, 0.4) is 0 Å². The third-order valence-corrected chi connectivity index (χ3v) is 2.46. The van der Waals surface area contributed by atoms with E-state index in [-0.39, 0.29) is 6.04 Å². The first kappa shape index (κ1) is 12.5. The van der Waals surface area contributed by atoms with Gasteiger partial charge >= 0.3 is 0 Å². The largest absolute Gasteiger partial charge is 0.497 e. The lowest BCUT2D eigenvalue weighted by Gasteiger charge is -2.10. The number of rotatable bonds is 6. The molecule has 86 valence electrons. The zero-order valence-corrected chi connectivity index (χ0v) is 9.86. The van der Waals surface area contributed by atoms with Crippen LogP contribution in [0.1, 0.15) is 18.9 Å². The number of nitrogens with one attached hydrogen (secondary N) is 1. The van der Waals surface area contributed by atoms with Crippen LogP contribution in [0.25, 0.3) is 0 Å². The molecule has 1 aromatic carbocycles. The molecule has 0 aromatic heterocycles. The van der Waals surface area contributed by atoms with Crippen LogP contribution in [0.15, 0.2) is 24.3 Å². The van der Waals surface area contributed by atoms with Crippen molar-refractivity contribution in [3.05, 3.63) is 29.8 Å². The van der Waals surface area contributed by atoms with Crippen LogP contribution in [0.2, 0.25) is 0 Å². The molecule has 0 aliphatic rings. The minimum absolute atomic E-state index is 0.267. The summed E-state index contributed by atoms with van der Waals surface area (Å²) in [6.07, 6.45) is 1.53. The summed E-state index contributed by atoms with van der Waals surface area (Å²) in [7, 11) is 1.67. The lowest BCUT2D eigenvalue weighted by Crippen LogP contribution is -2.27. The molecular weight excluding hydrogens is 200 g/mol. The standard InChI is InChI=1S/C13H18N2O/c1-11(7-9-14)15-10-8-12-3-5-13(16-2)6-4-12/h3-6,11,15H,7-8,10H2,1-2H3. The summed E-state index contributed by atoms with van der Waals surface area (Å²) < 4.78 is 5.09. The lowest BCUT2D eigenvalue weighted by molar-refractivity contribution is 0.414. The zero-order valence-electron chi connectivity index (χ0n) is 9.86. The maximum Gasteiger partial charge on any atom is 0.118 e. The fourth-order valence-corrected chi connectivity index (χ4v) is 1.46. The Morgan fingerprint density at radius 3 is 2.62 bits per heavy atom. The van der Waals surface area contributed by atoms with Crippen molar-refractivity contribution in [1.29, 1.82) is 5.26 Å². The van der Waals surface area contributed by atoms with Gasteiger partial charge in [0.2, 0.25) is 0 Å². The Bertz CT molecular complexity index is 340. The Balaban J connectivity index is 2.29. The van der Waals surface area contributed by atoms with Gasteiger partial charge in [-0.05, 0) is 37.6 Å². The third-order valence-electron chi connectivity index (χ3n) is 2.46. The molecule has 3 nitrogen and oxygen atoms in total. The van der Waals surface area contributed by atoms with Gasteiger partial charge in [0.05, 0.1) is 19.6 Å². The van der Waals surface area contributed by atoms with Crippen LogP contribution in [0.5, 0.6) is 5.75 Å². The second-order valence-corrected chi connectivity index (χ2v) is 3.82. The van der Waals surface area contributed by atoms with Crippen LogP contribution in [-0.2, 0) is 6.42 Å². The topological polar surface area (TPSA) is 45.0 Å². The predicted octanol–water partition coefficient (Wildman–Crippen LogP) is 2.13. The molecule has 0 saturated carbocycles. The molecule has 1 N–H and O–H groups in total. The van der Waals surface area contributed by atoms with Gasteiger partial charge in [-0.25, -0.2) is 0 Å². The van der Waals surface area contributed by atoms with Crippen LogP contribution in [-0.4, -0.2) is 19.7 Å². The smallest absolute Gasteiger partial charge is 0.118 e. The molecule has 1 unspecified atom stereocenters. The number of nitrogens with zero attached hydrogens (tertiary/aromatic N) is 1. The average molecular weight is 218 g/mol. The van der Waals surface area contributed by atoms with E-state index in [0.717, 1.165) is 18.7 Å². The molecule has 0 heterocycles. The van der Waals surface area contributed by atoms with Crippen molar-refractivity contribution in [2.24, 2.45) is 0 Å². The van der Waals surface area contributed by atoms with Crippen molar-refractivity contribution < 1.29 is 4.74 Å². The highest BCUT2D eigenvalue weighted by Gasteiger charge is 1.99. The molecule has 0 saturated heterocycles. The third kappa shape index (κ3) is 4.33. The van der Waals surface area contributed by atoms with Gasteiger partial charge in [0.25, 0.3) is 0 Å². The van der Waals surface area contributed by atoms with E-state index in [1.54, 1.807) is 7.11 Å². The van der Waals surface area contributed by atoms with Gasteiger partial charge in [-0.15, -0.1) is 0 Å². The van der Waals surface area contributed by atoms with Crippen molar-refractivity contribution in [3.8, 4) is 11.8 Å².